The standard InChI is InChI=1S/C18H22O5/c1-10(19)15-14(21)9-18(3,22)17(11(2)20)16(15)12-5-7-13(23-4)8-6-12/h5-8,15-17,22H,9H2,1-4H3/t15?,16-,17+,18-/m0/s1. The Morgan fingerprint density at radius 3 is 2.17 bits per heavy atom. The van der Waals surface area contributed by atoms with Gasteiger partial charge in [-0.2, -0.15) is 0 Å². The predicted molar refractivity (Wildman–Crippen MR) is 84.3 cm³/mol. The van der Waals surface area contributed by atoms with Gasteiger partial charge >= 0.3 is 0 Å². The summed E-state index contributed by atoms with van der Waals surface area (Å²) in [5.41, 5.74) is -0.779. The van der Waals surface area contributed by atoms with Crippen LogP contribution in [-0.4, -0.2) is 35.2 Å². The molecule has 0 radical (unpaired) electrons. The second kappa shape index (κ2) is 6.24. The molecule has 1 saturated carbocycles. The topological polar surface area (TPSA) is 80.7 Å². The van der Waals surface area contributed by atoms with Crippen LogP contribution in [0.4, 0.5) is 0 Å². The number of hydrogen-bond acceptors (Lipinski definition) is 5. The second-order valence-electron chi connectivity index (χ2n) is 6.48. The number of methoxy groups -OCH3 is 1. The van der Waals surface area contributed by atoms with Crippen molar-refractivity contribution in [2.45, 2.75) is 38.7 Å². The fourth-order valence-electron chi connectivity index (χ4n) is 3.73. The van der Waals surface area contributed by atoms with Crippen LogP contribution in [0, 0.1) is 11.8 Å². The molecular formula is C18H22O5. The number of Topliss-reactive ketones (excluding diaryl/α,β-unsaturated/α-hetero) is 3. The first kappa shape index (κ1) is 17.3. The highest BCUT2D eigenvalue weighted by Gasteiger charge is 2.53. The van der Waals surface area contributed by atoms with Gasteiger partial charge in [0.2, 0.25) is 0 Å². The lowest BCUT2D eigenvalue weighted by atomic mass is 9.60. The van der Waals surface area contributed by atoms with Gasteiger partial charge in [-0.25, -0.2) is 0 Å². The molecule has 5 heteroatoms. The Morgan fingerprint density at radius 2 is 1.74 bits per heavy atom. The van der Waals surface area contributed by atoms with Crippen molar-refractivity contribution < 1.29 is 24.2 Å². The third-order valence-electron chi connectivity index (χ3n) is 4.64. The number of benzene rings is 1. The van der Waals surface area contributed by atoms with E-state index in [0.717, 1.165) is 0 Å². The van der Waals surface area contributed by atoms with E-state index in [2.05, 4.69) is 0 Å². The van der Waals surface area contributed by atoms with Crippen LogP contribution in [0.3, 0.4) is 0 Å². The van der Waals surface area contributed by atoms with Crippen LogP contribution in [0.1, 0.15) is 38.7 Å². The summed E-state index contributed by atoms with van der Waals surface area (Å²) in [6, 6.07) is 6.92. The fourth-order valence-corrected chi connectivity index (χ4v) is 3.73. The monoisotopic (exact) mass is 318 g/mol. The molecule has 5 nitrogen and oxygen atoms in total. The van der Waals surface area contributed by atoms with Crippen LogP contribution in [0.25, 0.3) is 0 Å². The first-order valence-electron chi connectivity index (χ1n) is 7.59. The number of ether oxygens (including phenoxy) is 1. The van der Waals surface area contributed by atoms with Crippen LogP contribution in [-0.2, 0) is 14.4 Å². The predicted octanol–water partition coefficient (Wildman–Crippen LogP) is 1.91. The van der Waals surface area contributed by atoms with Crippen molar-refractivity contribution in [1.82, 2.24) is 0 Å². The van der Waals surface area contributed by atoms with Gasteiger partial charge in [-0.05, 0) is 38.5 Å². The number of rotatable bonds is 4. The van der Waals surface area contributed by atoms with E-state index >= 15 is 0 Å². The van der Waals surface area contributed by atoms with E-state index in [-0.39, 0.29) is 23.8 Å². The van der Waals surface area contributed by atoms with Gasteiger partial charge in [0, 0.05) is 12.3 Å². The van der Waals surface area contributed by atoms with Crippen molar-refractivity contribution in [3.63, 3.8) is 0 Å². The Labute approximate surface area is 135 Å². The molecule has 0 amide bonds. The lowest BCUT2D eigenvalue weighted by Gasteiger charge is -2.44. The highest BCUT2D eigenvalue weighted by molar-refractivity contribution is 6.05. The summed E-state index contributed by atoms with van der Waals surface area (Å²) in [5.74, 6) is -2.55. The molecule has 1 fully saturated rings. The maximum absolute atomic E-state index is 12.4. The Balaban J connectivity index is 2.58. The molecule has 0 bridgehead atoms. The molecule has 1 aromatic carbocycles. The van der Waals surface area contributed by atoms with Gasteiger partial charge in [-0.1, -0.05) is 12.1 Å². The third kappa shape index (κ3) is 3.20. The summed E-state index contributed by atoms with van der Waals surface area (Å²) >= 11 is 0. The summed E-state index contributed by atoms with van der Waals surface area (Å²) in [7, 11) is 1.54. The normalized spacial score (nSPS) is 30.8. The van der Waals surface area contributed by atoms with E-state index in [1.807, 2.05) is 0 Å². The van der Waals surface area contributed by atoms with E-state index in [1.165, 1.54) is 20.8 Å². The van der Waals surface area contributed by atoms with Crippen LogP contribution >= 0.6 is 0 Å². The summed E-state index contributed by atoms with van der Waals surface area (Å²) in [6.07, 6.45) is -0.186. The molecule has 1 aliphatic rings. The number of hydrogen-bond donors (Lipinski definition) is 1. The zero-order valence-corrected chi connectivity index (χ0v) is 13.8. The molecule has 1 unspecified atom stereocenters. The Morgan fingerprint density at radius 1 is 1.17 bits per heavy atom. The van der Waals surface area contributed by atoms with E-state index in [1.54, 1.807) is 31.4 Å². The van der Waals surface area contributed by atoms with Crippen LogP contribution < -0.4 is 4.74 Å². The highest BCUT2D eigenvalue weighted by atomic mass is 16.5. The fraction of sp³-hybridized carbons (Fsp3) is 0.500. The molecule has 124 valence electrons. The van der Waals surface area contributed by atoms with Gasteiger partial charge in [0.25, 0.3) is 0 Å². The number of carbonyl (C=O) groups excluding carboxylic acids is 3. The van der Waals surface area contributed by atoms with Crippen molar-refractivity contribution in [1.29, 1.82) is 0 Å². The number of ketones is 3. The van der Waals surface area contributed by atoms with Gasteiger partial charge in [-0.3, -0.25) is 14.4 Å². The zero-order valence-electron chi connectivity index (χ0n) is 13.8. The van der Waals surface area contributed by atoms with Crippen LogP contribution in [0.5, 0.6) is 5.75 Å². The van der Waals surface area contributed by atoms with Crippen molar-refractivity contribution in [3.05, 3.63) is 29.8 Å². The molecular weight excluding hydrogens is 296 g/mol. The van der Waals surface area contributed by atoms with Crippen LogP contribution in [0.15, 0.2) is 24.3 Å². The molecule has 1 aliphatic carbocycles. The molecule has 1 aromatic rings. The molecule has 4 atom stereocenters. The Kier molecular flexibility index (Phi) is 4.71. The molecule has 0 saturated heterocycles. The minimum Gasteiger partial charge on any atom is -0.497 e. The average molecular weight is 318 g/mol. The SMILES string of the molecule is COc1ccc([C@H]2C(C(C)=O)C(=O)C[C@](C)(O)[C@@H]2C(C)=O)cc1. The molecule has 0 spiro atoms. The molecule has 0 aliphatic heterocycles. The molecule has 1 N–H and O–H groups in total. The minimum atomic E-state index is -1.46. The van der Waals surface area contributed by atoms with E-state index in [0.29, 0.717) is 11.3 Å². The molecule has 0 aromatic heterocycles. The van der Waals surface area contributed by atoms with Crippen molar-refractivity contribution in [3.8, 4) is 5.75 Å². The molecule has 2 rings (SSSR count). The number of carbonyl (C=O) groups is 3. The quantitative estimate of drug-likeness (QED) is 0.858. The first-order chi connectivity index (χ1) is 10.7. The molecule has 0 heterocycles. The minimum absolute atomic E-state index is 0.186. The molecule has 23 heavy (non-hydrogen) atoms. The Bertz CT molecular complexity index is 629. The van der Waals surface area contributed by atoms with Crippen molar-refractivity contribution >= 4 is 17.3 Å². The highest BCUT2D eigenvalue weighted by Crippen LogP contribution is 2.46. The second-order valence-corrected chi connectivity index (χ2v) is 6.48. The zero-order chi connectivity index (χ0) is 17.4. The average Bonchev–Trinajstić information content (AvgIpc) is 2.44. The van der Waals surface area contributed by atoms with Crippen LogP contribution in [0.2, 0.25) is 0 Å². The van der Waals surface area contributed by atoms with E-state index in [9.17, 15) is 19.5 Å². The van der Waals surface area contributed by atoms with Gasteiger partial charge in [-0.15, -0.1) is 0 Å². The van der Waals surface area contributed by atoms with Crippen molar-refractivity contribution in [2.24, 2.45) is 11.8 Å². The van der Waals surface area contributed by atoms with Gasteiger partial charge in [0.15, 0.2) is 0 Å². The Hall–Kier alpha value is -2.01. The smallest absolute Gasteiger partial charge is 0.146 e. The lowest BCUT2D eigenvalue weighted by molar-refractivity contribution is -0.151. The first-order valence-corrected chi connectivity index (χ1v) is 7.59. The van der Waals surface area contributed by atoms with E-state index < -0.39 is 23.4 Å². The summed E-state index contributed by atoms with van der Waals surface area (Å²) in [5, 5.41) is 10.6. The van der Waals surface area contributed by atoms with E-state index in [4.69, 9.17) is 4.74 Å². The number of aliphatic hydroxyl groups is 1. The lowest BCUT2D eigenvalue weighted by Crippen LogP contribution is -2.53. The van der Waals surface area contributed by atoms with Gasteiger partial charge in [0.1, 0.15) is 23.1 Å². The van der Waals surface area contributed by atoms with Crippen molar-refractivity contribution in [2.75, 3.05) is 7.11 Å². The summed E-state index contributed by atoms with van der Waals surface area (Å²) in [4.78, 5) is 36.7. The maximum Gasteiger partial charge on any atom is 0.146 e. The third-order valence-corrected chi connectivity index (χ3v) is 4.64. The van der Waals surface area contributed by atoms with Gasteiger partial charge in [0.05, 0.1) is 24.5 Å². The van der Waals surface area contributed by atoms with Gasteiger partial charge < -0.3 is 9.84 Å². The maximum atomic E-state index is 12.4. The largest absolute Gasteiger partial charge is 0.497 e. The summed E-state index contributed by atoms with van der Waals surface area (Å²) in [6.45, 7) is 4.24. The summed E-state index contributed by atoms with van der Waals surface area (Å²) < 4.78 is 5.12.